The number of fused-ring (bicyclic) bond motifs is 1. The number of nitrogens with zero attached hydrogens (tertiary/aromatic N) is 2. The molecule has 0 aromatic carbocycles. The highest BCUT2D eigenvalue weighted by Gasteiger charge is 2.33. The maximum Gasteiger partial charge on any atom is 0.448 e. The van der Waals surface area contributed by atoms with Crippen LogP contribution in [0.2, 0.25) is 0 Å². The molecule has 0 saturated carbocycles. The third-order valence-corrected chi connectivity index (χ3v) is 2.38. The van der Waals surface area contributed by atoms with E-state index in [2.05, 4.69) is 4.98 Å². The summed E-state index contributed by atoms with van der Waals surface area (Å²) in [7, 11) is 0. The molecule has 0 bridgehead atoms. The standard InChI is InChI=1S/C11H9F3N2O/c1-7-2-3-9-8(15-4-5-16(7)9)6-10(17)11(12,13)14/h2-6,17H,1H3/b10-6-. The zero-order valence-electron chi connectivity index (χ0n) is 8.86. The Labute approximate surface area is 94.8 Å². The van der Waals surface area contributed by atoms with Crippen LogP contribution >= 0.6 is 0 Å². The van der Waals surface area contributed by atoms with Gasteiger partial charge in [-0.3, -0.25) is 4.98 Å². The van der Waals surface area contributed by atoms with Gasteiger partial charge in [-0.05, 0) is 19.1 Å². The van der Waals surface area contributed by atoms with Gasteiger partial charge in [0.05, 0.1) is 11.2 Å². The van der Waals surface area contributed by atoms with E-state index in [-0.39, 0.29) is 5.69 Å². The van der Waals surface area contributed by atoms with Crippen LogP contribution in [0.1, 0.15) is 11.4 Å². The molecule has 0 aliphatic carbocycles. The zero-order chi connectivity index (χ0) is 12.6. The molecule has 3 nitrogen and oxygen atoms in total. The molecule has 0 aliphatic heterocycles. The van der Waals surface area contributed by atoms with Gasteiger partial charge in [-0.15, -0.1) is 0 Å². The molecule has 0 unspecified atom stereocenters. The van der Waals surface area contributed by atoms with Gasteiger partial charge in [0.15, 0.2) is 5.76 Å². The first-order valence-electron chi connectivity index (χ1n) is 4.80. The maximum absolute atomic E-state index is 12.2. The highest BCUT2D eigenvalue weighted by Crippen LogP contribution is 2.25. The number of aryl methyl sites for hydroxylation is 1. The Morgan fingerprint density at radius 2 is 2.12 bits per heavy atom. The number of aromatic nitrogens is 2. The molecule has 6 heteroatoms. The van der Waals surface area contributed by atoms with E-state index in [4.69, 9.17) is 5.11 Å². The molecule has 0 radical (unpaired) electrons. The lowest BCUT2D eigenvalue weighted by Gasteiger charge is -2.05. The third-order valence-electron chi connectivity index (χ3n) is 2.38. The molecule has 0 fully saturated rings. The van der Waals surface area contributed by atoms with Gasteiger partial charge in [0.25, 0.3) is 0 Å². The minimum Gasteiger partial charge on any atom is -0.504 e. The monoisotopic (exact) mass is 242 g/mol. The van der Waals surface area contributed by atoms with Crippen LogP contribution in [-0.2, 0) is 0 Å². The van der Waals surface area contributed by atoms with E-state index in [1.165, 1.54) is 6.20 Å². The van der Waals surface area contributed by atoms with Crippen molar-refractivity contribution in [1.29, 1.82) is 0 Å². The topological polar surface area (TPSA) is 37.5 Å². The van der Waals surface area contributed by atoms with Gasteiger partial charge in [0.2, 0.25) is 0 Å². The molecule has 2 heterocycles. The van der Waals surface area contributed by atoms with E-state index in [0.29, 0.717) is 11.6 Å². The number of halogens is 3. The summed E-state index contributed by atoms with van der Waals surface area (Å²) in [6.07, 6.45) is -1.10. The molecule has 2 aromatic rings. The molecule has 0 spiro atoms. The number of rotatable bonds is 1. The van der Waals surface area contributed by atoms with Crippen LogP contribution in [-0.4, -0.2) is 20.7 Å². The molecule has 2 rings (SSSR count). The second-order valence-electron chi connectivity index (χ2n) is 3.57. The Kier molecular flexibility index (Phi) is 2.57. The minimum atomic E-state index is -4.75. The summed E-state index contributed by atoms with van der Waals surface area (Å²) < 4.78 is 38.3. The van der Waals surface area contributed by atoms with Crippen molar-refractivity contribution in [1.82, 2.24) is 9.38 Å². The average molecular weight is 242 g/mol. The predicted octanol–water partition coefficient (Wildman–Crippen LogP) is 3.10. The summed E-state index contributed by atoms with van der Waals surface area (Å²) in [6.45, 7) is 1.82. The van der Waals surface area contributed by atoms with Gasteiger partial charge in [0, 0.05) is 24.2 Å². The molecular formula is C11H9F3N2O. The molecule has 0 aliphatic rings. The predicted molar refractivity (Wildman–Crippen MR) is 56.6 cm³/mol. The Morgan fingerprint density at radius 1 is 1.41 bits per heavy atom. The van der Waals surface area contributed by atoms with Gasteiger partial charge in [-0.25, -0.2) is 0 Å². The molecule has 0 saturated heterocycles. The van der Waals surface area contributed by atoms with E-state index in [1.807, 2.05) is 6.92 Å². The van der Waals surface area contributed by atoms with E-state index in [1.54, 1.807) is 22.7 Å². The number of hydrogen-bond donors (Lipinski definition) is 1. The van der Waals surface area contributed by atoms with E-state index >= 15 is 0 Å². The van der Waals surface area contributed by atoms with Gasteiger partial charge < -0.3 is 9.51 Å². The summed E-state index contributed by atoms with van der Waals surface area (Å²) in [5.41, 5.74) is 1.47. The highest BCUT2D eigenvalue weighted by molar-refractivity contribution is 5.67. The smallest absolute Gasteiger partial charge is 0.448 e. The summed E-state index contributed by atoms with van der Waals surface area (Å²) >= 11 is 0. The fraction of sp³-hybridized carbons (Fsp3) is 0.182. The van der Waals surface area contributed by atoms with Crippen molar-refractivity contribution in [3.8, 4) is 0 Å². The Balaban J connectivity index is 2.57. The zero-order valence-corrected chi connectivity index (χ0v) is 8.86. The summed E-state index contributed by atoms with van der Waals surface area (Å²) in [5.74, 6) is -1.66. The first kappa shape index (κ1) is 11.5. The lowest BCUT2D eigenvalue weighted by Crippen LogP contribution is -2.11. The first-order chi connectivity index (χ1) is 7.89. The van der Waals surface area contributed by atoms with E-state index in [9.17, 15) is 13.2 Å². The highest BCUT2D eigenvalue weighted by atomic mass is 19.4. The van der Waals surface area contributed by atoms with Crippen molar-refractivity contribution >= 4 is 11.6 Å². The van der Waals surface area contributed by atoms with E-state index < -0.39 is 11.9 Å². The van der Waals surface area contributed by atoms with Crippen LogP contribution < -0.4 is 0 Å². The quantitative estimate of drug-likeness (QED) is 0.780. The molecule has 0 amide bonds. The Morgan fingerprint density at radius 3 is 2.76 bits per heavy atom. The average Bonchev–Trinajstić information content (AvgIpc) is 2.60. The summed E-state index contributed by atoms with van der Waals surface area (Å²) in [6, 6.07) is 3.41. The lowest BCUT2D eigenvalue weighted by molar-refractivity contribution is -0.119. The van der Waals surface area contributed by atoms with Crippen molar-refractivity contribution in [2.45, 2.75) is 13.1 Å². The van der Waals surface area contributed by atoms with Crippen LogP contribution in [0.3, 0.4) is 0 Å². The van der Waals surface area contributed by atoms with E-state index in [0.717, 1.165) is 5.69 Å². The lowest BCUT2D eigenvalue weighted by atomic mass is 10.3. The largest absolute Gasteiger partial charge is 0.504 e. The molecule has 0 atom stereocenters. The molecule has 2 aromatic heterocycles. The molecule has 1 N–H and O–H groups in total. The number of alkyl halides is 3. The van der Waals surface area contributed by atoms with Crippen LogP contribution in [0.4, 0.5) is 13.2 Å². The van der Waals surface area contributed by atoms with Crippen LogP contribution in [0.25, 0.3) is 11.6 Å². The molecular weight excluding hydrogens is 233 g/mol. The van der Waals surface area contributed by atoms with Gasteiger partial charge >= 0.3 is 6.18 Å². The fourth-order valence-electron chi connectivity index (χ4n) is 1.53. The van der Waals surface area contributed by atoms with Crippen molar-refractivity contribution in [3.63, 3.8) is 0 Å². The Hall–Kier alpha value is -1.98. The van der Waals surface area contributed by atoms with Crippen molar-refractivity contribution in [2.75, 3.05) is 0 Å². The van der Waals surface area contributed by atoms with Crippen LogP contribution in [0.15, 0.2) is 30.3 Å². The summed E-state index contributed by atoms with van der Waals surface area (Å²) in [5, 5.41) is 8.89. The molecule has 90 valence electrons. The van der Waals surface area contributed by atoms with Crippen molar-refractivity contribution in [2.24, 2.45) is 0 Å². The van der Waals surface area contributed by atoms with Crippen molar-refractivity contribution < 1.29 is 18.3 Å². The number of aliphatic hydroxyl groups excluding tert-OH is 1. The second kappa shape index (κ2) is 3.80. The number of hydrogen-bond acceptors (Lipinski definition) is 2. The normalized spacial score (nSPS) is 13.3. The molecule has 17 heavy (non-hydrogen) atoms. The van der Waals surface area contributed by atoms with Gasteiger partial charge in [-0.2, -0.15) is 13.2 Å². The minimum absolute atomic E-state index is 0.0791. The summed E-state index contributed by atoms with van der Waals surface area (Å²) in [4.78, 5) is 3.82. The second-order valence-corrected chi connectivity index (χ2v) is 3.57. The number of aliphatic hydroxyl groups is 1. The van der Waals surface area contributed by atoms with Crippen molar-refractivity contribution in [3.05, 3.63) is 41.7 Å². The van der Waals surface area contributed by atoms with Crippen LogP contribution in [0, 0.1) is 6.92 Å². The number of allylic oxidation sites excluding steroid dienone is 1. The SMILES string of the molecule is Cc1ccc2c(/C=C(\O)C(F)(F)F)nccn12. The van der Waals surface area contributed by atoms with Gasteiger partial charge in [-0.1, -0.05) is 0 Å². The van der Waals surface area contributed by atoms with Gasteiger partial charge in [0.1, 0.15) is 0 Å². The first-order valence-corrected chi connectivity index (χ1v) is 4.80. The fourth-order valence-corrected chi connectivity index (χ4v) is 1.53. The van der Waals surface area contributed by atoms with Crippen LogP contribution in [0.5, 0.6) is 0 Å². The Bertz CT molecular complexity index is 584. The third kappa shape index (κ3) is 2.11. The maximum atomic E-state index is 12.2.